The quantitative estimate of drug-likeness (QED) is 0.857. The lowest BCUT2D eigenvalue weighted by Gasteiger charge is -2.26. The molecule has 1 fully saturated rings. The third kappa shape index (κ3) is 2.41. The number of hydrogen-bond donors (Lipinski definition) is 0. The van der Waals surface area contributed by atoms with Gasteiger partial charge in [-0.2, -0.15) is 0 Å². The summed E-state index contributed by atoms with van der Waals surface area (Å²) in [6, 6.07) is 0.294. The Morgan fingerprint density at radius 2 is 2.14 bits per heavy atom. The Morgan fingerprint density at radius 1 is 1.27 bits per heavy atom. The minimum Gasteiger partial charge on any atom is -0.378 e. The van der Waals surface area contributed by atoms with E-state index in [0.29, 0.717) is 12.6 Å². The molecule has 1 saturated heterocycles. The van der Waals surface area contributed by atoms with Crippen LogP contribution < -0.4 is 4.90 Å². The molecule has 118 valence electrons. The van der Waals surface area contributed by atoms with Crippen molar-refractivity contribution in [1.82, 2.24) is 19.7 Å². The molecule has 0 bridgehead atoms. The van der Waals surface area contributed by atoms with Gasteiger partial charge in [-0.05, 0) is 6.42 Å². The van der Waals surface area contributed by atoms with Crippen molar-refractivity contribution >= 4 is 16.5 Å². The van der Waals surface area contributed by atoms with Crippen LogP contribution in [-0.4, -0.2) is 52.7 Å². The van der Waals surface area contributed by atoms with E-state index in [9.17, 15) is 0 Å². The van der Waals surface area contributed by atoms with E-state index in [2.05, 4.69) is 32.0 Å². The molecule has 0 aliphatic carbocycles. The molecule has 0 saturated carbocycles. The molecule has 2 aromatic heterocycles. The number of fused-ring (bicyclic) bond motifs is 1. The first-order chi connectivity index (χ1) is 10.9. The van der Waals surface area contributed by atoms with Crippen molar-refractivity contribution in [3.05, 3.63) is 11.2 Å². The zero-order chi connectivity index (χ0) is 14.9. The van der Waals surface area contributed by atoms with Gasteiger partial charge in [0.05, 0.1) is 25.9 Å². The fourth-order valence-corrected chi connectivity index (χ4v) is 3.77. The van der Waals surface area contributed by atoms with Crippen LogP contribution in [0, 0.1) is 0 Å². The summed E-state index contributed by atoms with van der Waals surface area (Å²) >= 11 is 1.66. The van der Waals surface area contributed by atoms with E-state index in [1.807, 2.05) is 0 Å². The van der Waals surface area contributed by atoms with E-state index < -0.39 is 0 Å². The Hall–Kier alpha value is -1.51. The maximum Gasteiger partial charge on any atom is 0.186 e. The van der Waals surface area contributed by atoms with Gasteiger partial charge in [0.25, 0.3) is 0 Å². The van der Waals surface area contributed by atoms with Crippen molar-refractivity contribution in [2.45, 2.75) is 26.0 Å². The largest absolute Gasteiger partial charge is 0.378 e. The van der Waals surface area contributed by atoms with Crippen LogP contribution in [0.2, 0.25) is 0 Å². The van der Waals surface area contributed by atoms with E-state index in [0.717, 1.165) is 61.8 Å². The summed E-state index contributed by atoms with van der Waals surface area (Å²) in [5.74, 6) is 1.76. The normalized spacial score (nSPS) is 21.9. The zero-order valence-corrected chi connectivity index (χ0v) is 13.4. The van der Waals surface area contributed by atoms with Crippen LogP contribution in [-0.2, 0) is 16.1 Å². The average molecular weight is 321 g/mol. The SMILES string of the molecule is CCC1COCc2nnc(-c3csc(N4CCOCC4)n3)n21. The highest BCUT2D eigenvalue weighted by Gasteiger charge is 2.26. The molecule has 22 heavy (non-hydrogen) atoms. The van der Waals surface area contributed by atoms with E-state index in [1.165, 1.54) is 0 Å². The van der Waals surface area contributed by atoms with Gasteiger partial charge in [-0.3, -0.25) is 0 Å². The molecule has 0 N–H and O–H groups in total. The van der Waals surface area contributed by atoms with E-state index in [1.54, 1.807) is 11.3 Å². The summed E-state index contributed by atoms with van der Waals surface area (Å²) in [6.07, 6.45) is 0.999. The van der Waals surface area contributed by atoms with Gasteiger partial charge in [0.1, 0.15) is 12.3 Å². The maximum atomic E-state index is 5.59. The Kier molecular flexibility index (Phi) is 3.81. The van der Waals surface area contributed by atoms with Crippen LogP contribution in [0.1, 0.15) is 25.2 Å². The standard InChI is InChI=1S/C14H19N5O2S/c1-2-10-7-21-8-12-16-17-13(19(10)12)11-9-22-14(15-11)18-3-5-20-6-4-18/h9-10H,2-8H2,1H3. The van der Waals surface area contributed by atoms with Gasteiger partial charge in [-0.25, -0.2) is 4.98 Å². The third-order valence-corrected chi connectivity index (χ3v) is 5.05. The van der Waals surface area contributed by atoms with Crippen molar-refractivity contribution in [2.24, 2.45) is 0 Å². The fraction of sp³-hybridized carbons (Fsp3) is 0.643. The summed E-state index contributed by atoms with van der Waals surface area (Å²) in [4.78, 5) is 7.05. The highest BCUT2D eigenvalue weighted by Crippen LogP contribution is 2.31. The molecular formula is C14H19N5O2S. The number of anilines is 1. The average Bonchev–Trinajstić information content (AvgIpc) is 3.22. The van der Waals surface area contributed by atoms with Crippen molar-refractivity contribution in [3.63, 3.8) is 0 Å². The van der Waals surface area contributed by atoms with E-state index >= 15 is 0 Å². The Labute approximate surface area is 132 Å². The number of hydrogen-bond acceptors (Lipinski definition) is 7. The predicted molar refractivity (Wildman–Crippen MR) is 83.1 cm³/mol. The summed E-state index contributed by atoms with van der Waals surface area (Å²) in [5.41, 5.74) is 0.908. The molecule has 4 heterocycles. The maximum absolute atomic E-state index is 5.59. The van der Waals surface area contributed by atoms with Crippen LogP contribution in [0.5, 0.6) is 0 Å². The van der Waals surface area contributed by atoms with Gasteiger partial charge in [0.2, 0.25) is 0 Å². The number of ether oxygens (including phenoxy) is 2. The number of rotatable bonds is 3. The highest BCUT2D eigenvalue weighted by molar-refractivity contribution is 7.14. The van der Waals surface area contributed by atoms with Crippen molar-refractivity contribution in [2.75, 3.05) is 37.8 Å². The molecule has 0 radical (unpaired) electrons. The van der Waals surface area contributed by atoms with Gasteiger partial charge >= 0.3 is 0 Å². The molecule has 1 atom stereocenters. The van der Waals surface area contributed by atoms with Crippen molar-refractivity contribution in [3.8, 4) is 11.5 Å². The molecule has 0 aromatic carbocycles. The second-order valence-corrected chi connectivity index (χ2v) is 6.34. The first kappa shape index (κ1) is 14.1. The topological polar surface area (TPSA) is 65.3 Å². The van der Waals surface area contributed by atoms with Gasteiger partial charge in [0, 0.05) is 18.5 Å². The zero-order valence-electron chi connectivity index (χ0n) is 12.6. The Bertz CT molecular complexity index is 649. The number of morpholine rings is 1. The first-order valence-electron chi connectivity index (χ1n) is 7.67. The van der Waals surface area contributed by atoms with Gasteiger partial charge in [0.15, 0.2) is 16.8 Å². The van der Waals surface area contributed by atoms with Crippen molar-refractivity contribution < 1.29 is 9.47 Å². The smallest absolute Gasteiger partial charge is 0.186 e. The molecule has 2 aromatic rings. The molecular weight excluding hydrogens is 302 g/mol. The van der Waals surface area contributed by atoms with E-state index in [-0.39, 0.29) is 0 Å². The van der Waals surface area contributed by atoms with E-state index in [4.69, 9.17) is 14.5 Å². The molecule has 2 aliphatic rings. The predicted octanol–water partition coefficient (Wildman–Crippen LogP) is 1.72. The molecule has 8 heteroatoms. The number of thiazole rings is 1. The van der Waals surface area contributed by atoms with Crippen LogP contribution in [0.3, 0.4) is 0 Å². The summed E-state index contributed by atoms with van der Waals surface area (Å²) in [6.45, 7) is 6.74. The molecule has 0 amide bonds. The first-order valence-corrected chi connectivity index (χ1v) is 8.55. The second kappa shape index (κ2) is 5.94. The third-order valence-electron chi connectivity index (χ3n) is 4.15. The lowest BCUT2D eigenvalue weighted by molar-refractivity contribution is 0.0542. The lowest BCUT2D eigenvalue weighted by atomic mass is 10.2. The molecule has 7 nitrogen and oxygen atoms in total. The monoisotopic (exact) mass is 321 g/mol. The van der Waals surface area contributed by atoms with Crippen LogP contribution in [0.25, 0.3) is 11.5 Å². The minimum absolute atomic E-state index is 0.294. The van der Waals surface area contributed by atoms with Crippen LogP contribution in [0.15, 0.2) is 5.38 Å². The highest BCUT2D eigenvalue weighted by atomic mass is 32.1. The van der Waals surface area contributed by atoms with Gasteiger partial charge in [-0.1, -0.05) is 6.92 Å². The summed E-state index contributed by atoms with van der Waals surface area (Å²) < 4.78 is 13.2. The number of aromatic nitrogens is 4. The second-order valence-electron chi connectivity index (χ2n) is 5.50. The van der Waals surface area contributed by atoms with Gasteiger partial charge in [-0.15, -0.1) is 21.5 Å². The lowest BCUT2D eigenvalue weighted by Crippen LogP contribution is -2.36. The van der Waals surface area contributed by atoms with Crippen LogP contribution >= 0.6 is 11.3 Å². The van der Waals surface area contributed by atoms with Crippen LogP contribution in [0.4, 0.5) is 5.13 Å². The summed E-state index contributed by atoms with van der Waals surface area (Å²) in [5, 5.41) is 11.7. The molecule has 1 unspecified atom stereocenters. The molecule has 0 spiro atoms. The molecule has 2 aliphatic heterocycles. The Balaban J connectivity index is 1.65. The Morgan fingerprint density at radius 3 is 2.95 bits per heavy atom. The van der Waals surface area contributed by atoms with Gasteiger partial charge < -0.3 is 18.9 Å². The molecule has 4 rings (SSSR count). The number of nitrogens with zero attached hydrogens (tertiary/aromatic N) is 5. The summed E-state index contributed by atoms with van der Waals surface area (Å²) in [7, 11) is 0. The minimum atomic E-state index is 0.294. The van der Waals surface area contributed by atoms with Crippen molar-refractivity contribution in [1.29, 1.82) is 0 Å². The fourth-order valence-electron chi connectivity index (χ4n) is 2.91.